The first-order valence-corrected chi connectivity index (χ1v) is 9.81. The first-order chi connectivity index (χ1) is 13.3. The third kappa shape index (κ3) is 4.49. The zero-order valence-electron chi connectivity index (χ0n) is 15.6. The first kappa shape index (κ1) is 18.0. The molecule has 0 aromatic heterocycles. The Morgan fingerprint density at radius 1 is 1.00 bits per heavy atom. The molecule has 2 heterocycles. The molecule has 0 aliphatic carbocycles. The van der Waals surface area contributed by atoms with Crippen molar-refractivity contribution in [2.24, 2.45) is 0 Å². The van der Waals surface area contributed by atoms with E-state index < -0.39 is 0 Å². The summed E-state index contributed by atoms with van der Waals surface area (Å²) in [5, 5.41) is 3.05. The van der Waals surface area contributed by atoms with Crippen LogP contribution in [0.1, 0.15) is 24.4 Å². The summed E-state index contributed by atoms with van der Waals surface area (Å²) in [6, 6.07) is 19.0. The molecule has 0 radical (unpaired) electrons. The van der Waals surface area contributed by atoms with Crippen LogP contribution in [0.3, 0.4) is 0 Å². The van der Waals surface area contributed by atoms with Gasteiger partial charge in [0.25, 0.3) is 0 Å². The molecule has 0 bridgehead atoms. The van der Waals surface area contributed by atoms with Crippen LogP contribution in [0.4, 0.5) is 11.4 Å². The van der Waals surface area contributed by atoms with Crippen LogP contribution in [-0.4, -0.2) is 50.2 Å². The van der Waals surface area contributed by atoms with E-state index in [2.05, 4.69) is 51.5 Å². The number of benzene rings is 2. The molecule has 2 saturated heterocycles. The molecule has 27 heavy (non-hydrogen) atoms. The monoisotopic (exact) mass is 365 g/mol. The van der Waals surface area contributed by atoms with Gasteiger partial charge in [0, 0.05) is 30.5 Å². The molecule has 1 atom stereocenters. The third-order valence-electron chi connectivity index (χ3n) is 5.42. The standard InChI is InChI=1S/C22H27N3O2/c26-22(17-25-12-4-7-21(25)18-5-2-1-3-6-18)23-19-8-10-20(11-9-19)24-13-15-27-16-14-24/h1-3,5-6,8-11,21H,4,7,12-17H2,(H,23,26). The number of carbonyl (C=O) groups is 1. The van der Waals surface area contributed by atoms with Gasteiger partial charge in [0.1, 0.15) is 0 Å². The second-order valence-electron chi connectivity index (χ2n) is 7.23. The fourth-order valence-electron chi connectivity index (χ4n) is 4.03. The van der Waals surface area contributed by atoms with Gasteiger partial charge in [0.15, 0.2) is 0 Å². The van der Waals surface area contributed by atoms with Crippen LogP contribution in [-0.2, 0) is 9.53 Å². The van der Waals surface area contributed by atoms with Gasteiger partial charge in [-0.2, -0.15) is 0 Å². The number of nitrogens with one attached hydrogen (secondary N) is 1. The number of hydrogen-bond acceptors (Lipinski definition) is 4. The highest BCUT2D eigenvalue weighted by molar-refractivity contribution is 5.92. The molecule has 1 N–H and O–H groups in total. The van der Waals surface area contributed by atoms with Crippen LogP contribution in [0.5, 0.6) is 0 Å². The molecule has 5 nitrogen and oxygen atoms in total. The number of rotatable bonds is 5. The molecular weight excluding hydrogens is 338 g/mol. The van der Waals surface area contributed by atoms with Gasteiger partial charge in [0.2, 0.25) is 5.91 Å². The Balaban J connectivity index is 1.33. The summed E-state index contributed by atoms with van der Waals surface area (Å²) in [6.45, 7) is 4.80. The molecule has 0 spiro atoms. The Morgan fingerprint density at radius 3 is 2.48 bits per heavy atom. The predicted molar refractivity (Wildman–Crippen MR) is 108 cm³/mol. The Kier molecular flexibility index (Phi) is 5.70. The Labute approximate surface area is 160 Å². The van der Waals surface area contributed by atoms with Crippen molar-refractivity contribution < 1.29 is 9.53 Å². The van der Waals surface area contributed by atoms with E-state index in [9.17, 15) is 4.79 Å². The SMILES string of the molecule is O=C(CN1CCCC1c1ccccc1)Nc1ccc(N2CCOCC2)cc1. The fraction of sp³-hybridized carbons (Fsp3) is 0.409. The summed E-state index contributed by atoms with van der Waals surface area (Å²) >= 11 is 0. The van der Waals surface area contributed by atoms with Crippen molar-refractivity contribution in [1.82, 2.24) is 4.90 Å². The van der Waals surface area contributed by atoms with Crippen molar-refractivity contribution in [3.63, 3.8) is 0 Å². The molecular formula is C22H27N3O2. The van der Waals surface area contributed by atoms with Crippen LogP contribution in [0, 0.1) is 0 Å². The molecule has 2 aliphatic rings. The Morgan fingerprint density at radius 2 is 1.74 bits per heavy atom. The Hall–Kier alpha value is -2.37. The van der Waals surface area contributed by atoms with Gasteiger partial charge in [-0.25, -0.2) is 0 Å². The summed E-state index contributed by atoms with van der Waals surface area (Å²) in [7, 11) is 0. The van der Waals surface area contributed by atoms with E-state index in [1.165, 1.54) is 11.3 Å². The van der Waals surface area contributed by atoms with Crippen LogP contribution >= 0.6 is 0 Å². The van der Waals surface area contributed by atoms with E-state index in [1.54, 1.807) is 0 Å². The van der Waals surface area contributed by atoms with Gasteiger partial charge in [-0.1, -0.05) is 30.3 Å². The van der Waals surface area contributed by atoms with Gasteiger partial charge < -0.3 is 15.0 Å². The molecule has 1 unspecified atom stereocenters. The lowest BCUT2D eigenvalue weighted by Gasteiger charge is -2.29. The minimum absolute atomic E-state index is 0.0527. The summed E-state index contributed by atoms with van der Waals surface area (Å²) in [4.78, 5) is 17.1. The zero-order chi connectivity index (χ0) is 18.5. The second kappa shape index (κ2) is 8.55. The van der Waals surface area contributed by atoms with Crippen molar-refractivity contribution in [3.05, 3.63) is 60.2 Å². The van der Waals surface area contributed by atoms with E-state index in [-0.39, 0.29) is 5.91 Å². The molecule has 2 aliphatic heterocycles. The fourth-order valence-corrected chi connectivity index (χ4v) is 4.03. The number of ether oxygens (including phenoxy) is 1. The maximum atomic E-state index is 12.6. The summed E-state index contributed by atoms with van der Waals surface area (Å²) in [5.41, 5.74) is 3.34. The molecule has 2 fully saturated rings. The quantitative estimate of drug-likeness (QED) is 0.883. The molecule has 142 valence electrons. The number of carbonyl (C=O) groups excluding carboxylic acids is 1. The lowest BCUT2D eigenvalue weighted by molar-refractivity contribution is -0.117. The molecule has 5 heteroatoms. The van der Waals surface area contributed by atoms with Crippen molar-refractivity contribution >= 4 is 17.3 Å². The van der Waals surface area contributed by atoms with E-state index in [0.29, 0.717) is 12.6 Å². The largest absolute Gasteiger partial charge is 0.378 e. The smallest absolute Gasteiger partial charge is 0.238 e. The van der Waals surface area contributed by atoms with Crippen molar-refractivity contribution in [2.45, 2.75) is 18.9 Å². The van der Waals surface area contributed by atoms with Crippen molar-refractivity contribution in [3.8, 4) is 0 Å². The van der Waals surface area contributed by atoms with Crippen LogP contribution < -0.4 is 10.2 Å². The van der Waals surface area contributed by atoms with Crippen LogP contribution in [0.25, 0.3) is 0 Å². The van der Waals surface area contributed by atoms with Gasteiger partial charge >= 0.3 is 0 Å². The number of morpholine rings is 1. The van der Waals surface area contributed by atoms with Gasteiger partial charge in [-0.05, 0) is 49.2 Å². The number of likely N-dealkylation sites (tertiary alicyclic amines) is 1. The summed E-state index contributed by atoms with van der Waals surface area (Å²) < 4.78 is 5.40. The number of hydrogen-bond donors (Lipinski definition) is 1. The lowest BCUT2D eigenvalue weighted by Crippen LogP contribution is -2.36. The first-order valence-electron chi connectivity index (χ1n) is 9.81. The van der Waals surface area contributed by atoms with Gasteiger partial charge in [0.05, 0.1) is 19.8 Å². The molecule has 4 rings (SSSR count). The lowest BCUT2D eigenvalue weighted by atomic mass is 10.0. The maximum Gasteiger partial charge on any atom is 0.238 e. The van der Waals surface area contributed by atoms with E-state index in [4.69, 9.17) is 4.74 Å². The number of nitrogens with zero attached hydrogens (tertiary/aromatic N) is 2. The van der Waals surface area contributed by atoms with Gasteiger partial charge in [-0.15, -0.1) is 0 Å². The predicted octanol–water partition coefficient (Wildman–Crippen LogP) is 3.30. The van der Waals surface area contributed by atoms with Crippen molar-refractivity contribution in [1.29, 1.82) is 0 Å². The average Bonchev–Trinajstić information content (AvgIpc) is 3.18. The minimum atomic E-state index is 0.0527. The van der Waals surface area contributed by atoms with Gasteiger partial charge in [-0.3, -0.25) is 9.69 Å². The number of amides is 1. The second-order valence-corrected chi connectivity index (χ2v) is 7.23. The van der Waals surface area contributed by atoms with E-state index in [1.807, 2.05) is 18.2 Å². The maximum absolute atomic E-state index is 12.6. The van der Waals surface area contributed by atoms with E-state index in [0.717, 1.165) is 51.4 Å². The molecule has 0 saturated carbocycles. The zero-order valence-corrected chi connectivity index (χ0v) is 15.6. The highest BCUT2D eigenvalue weighted by Gasteiger charge is 2.27. The van der Waals surface area contributed by atoms with Crippen LogP contribution in [0.15, 0.2) is 54.6 Å². The molecule has 2 aromatic carbocycles. The minimum Gasteiger partial charge on any atom is -0.378 e. The molecule has 1 amide bonds. The highest BCUT2D eigenvalue weighted by atomic mass is 16.5. The van der Waals surface area contributed by atoms with Crippen molar-refractivity contribution in [2.75, 3.05) is 49.6 Å². The third-order valence-corrected chi connectivity index (χ3v) is 5.42. The topological polar surface area (TPSA) is 44.8 Å². The highest BCUT2D eigenvalue weighted by Crippen LogP contribution is 2.31. The summed E-state index contributed by atoms with van der Waals surface area (Å²) in [5.74, 6) is 0.0527. The number of anilines is 2. The summed E-state index contributed by atoms with van der Waals surface area (Å²) in [6.07, 6.45) is 2.26. The Bertz CT molecular complexity index is 742. The average molecular weight is 365 g/mol. The molecule has 2 aromatic rings. The normalized spacial score (nSPS) is 20.6. The van der Waals surface area contributed by atoms with E-state index >= 15 is 0 Å². The van der Waals surface area contributed by atoms with Crippen LogP contribution in [0.2, 0.25) is 0 Å².